The highest BCUT2D eigenvalue weighted by atomic mass is 16.1. The topological polar surface area (TPSA) is 58.4 Å². The molecule has 4 heteroatoms. The number of nitrogens with one attached hydrogen (secondary N) is 1. The molecular formula is C22H21N3O. The Morgan fingerprint density at radius 3 is 2.27 bits per heavy atom. The third-order valence-electron chi connectivity index (χ3n) is 4.74. The van der Waals surface area contributed by atoms with Crippen LogP contribution in [0.3, 0.4) is 0 Å². The zero-order valence-corrected chi connectivity index (χ0v) is 14.5. The molecule has 1 amide bonds. The number of carbonyl (C=O) groups is 1. The number of benzene rings is 3. The van der Waals surface area contributed by atoms with E-state index in [1.54, 1.807) is 0 Å². The molecule has 0 fully saturated rings. The fourth-order valence-electron chi connectivity index (χ4n) is 3.33. The summed E-state index contributed by atoms with van der Waals surface area (Å²) in [7, 11) is 0. The number of hydrogen-bond donors (Lipinski definition) is 2. The maximum Gasteiger partial charge on any atom is 0.251 e. The van der Waals surface area contributed by atoms with Crippen LogP contribution >= 0.6 is 0 Å². The molecule has 3 aromatic carbocycles. The Kier molecular flexibility index (Phi) is 4.32. The van der Waals surface area contributed by atoms with E-state index in [9.17, 15) is 4.79 Å². The molecule has 1 aliphatic heterocycles. The van der Waals surface area contributed by atoms with Gasteiger partial charge in [0.25, 0.3) is 5.91 Å². The number of hydrogen-bond acceptors (Lipinski definition) is 3. The molecule has 1 heterocycles. The van der Waals surface area contributed by atoms with Crippen LogP contribution in [0, 0.1) is 0 Å². The summed E-state index contributed by atoms with van der Waals surface area (Å²) in [5.74, 6) is -0.0799. The molecule has 3 aromatic rings. The van der Waals surface area contributed by atoms with Gasteiger partial charge in [0.1, 0.15) is 0 Å². The lowest BCUT2D eigenvalue weighted by molar-refractivity contribution is 0.0951. The predicted molar refractivity (Wildman–Crippen MR) is 105 cm³/mol. The van der Waals surface area contributed by atoms with Crippen LogP contribution < -0.4 is 16.0 Å². The summed E-state index contributed by atoms with van der Waals surface area (Å²) in [6.45, 7) is 2.29. The van der Waals surface area contributed by atoms with Gasteiger partial charge in [-0.1, -0.05) is 36.4 Å². The van der Waals surface area contributed by atoms with Crippen molar-refractivity contribution in [1.82, 2.24) is 5.32 Å². The standard InChI is InChI=1S/C22H21N3O/c23-20-7-3-4-16(12-20)13-24-22(26)17-8-10-21(11-9-17)25-14-18-5-1-2-6-19(18)15-25/h1-12H,13-15,23H2,(H,24,26). The molecule has 0 aromatic heterocycles. The van der Waals surface area contributed by atoms with Crippen molar-refractivity contribution in [2.75, 3.05) is 10.6 Å². The normalized spacial score (nSPS) is 12.7. The van der Waals surface area contributed by atoms with Crippen LogP contribution in [0.2, 0.25) is 0 Å². The fourth-order valence-corrected chi connectivity index (χ4v) is 3.33. The molecule has 3 N–H and O–H groups in total. The van der Waals surface area contributed by atoms with Crippen molar-refractivity contribution in [1.29, 1.82) is 0 Å². The SMILES string of the molecule is Nc1cccc(CNC(=O)c2ccc(N3Cc4ccccc4C3)cc2)c1. The first kappa shape index (κ1) is 16.2. The van der Waals surface area contributed by atoms with E-state index in [0.29, 0.717) is 17.8 Å². The zero-order chi connectivity index (χ0) is 17.9. The summed E-state index contributed by atoms with van der Waals surface area (Å²) in [4.78, 5) is 14.7. The van der Waals surface area contributed by atoms with Gasteiger partial charge in [-0.3, -0.25) is 4.79 Å². The van der Waals surface area contributed by atoms with Crippen LogP contribution in [-0.2, 0) is 19.6 Å². The van der Waals surface area contributed by atoms with Crippen molar-refractivity contribution in [2.24, 2.45) is 0 Å². The number of rotatable bonds is 4. The van der Waals surface area contributed by atoms with Crippen LogP contribution in [0.25, 0.3) is 0 Å². The summed E-state index contributed by atoms with van der Waals surface area (Å²) >= 11 is 0. The highest BCUT2D eigenvalue weighted by Crippen LogP contribution is 2.28. The molecule has 4 rings (SSSR count). The Morgan fingerprint density at radius 2 is 1.62 bits per heavy atom. The minimum atomic E-state index is -0.0799. The largest absolute Gasteiger partial charge is 0.399 e. The Bertz CT molecular complexity index is 909. The summed E-state index contributed by atoms with van der Waals surface area (Å²) in [5, 5.41) is 2.94. The van der Waals surface area contributed by atoms with Crippen molar-refractivity contribution in [2.45, 2.75) is 19.6 Å². The van der Waals surface area contributed by atoms with Gasteiger partial charge in [0.2, 0.25) is 0 Å². The van der Waals surface area contributed by atoms with E-state index in [1.807, 2.05) is 48.5 Å². The highest BCUT2D eigenvalue weighted by molar-refractivity contribution is 5.94. The Labute approximate surface area is 153 Å². The van der Waals surface area contributed by atoms with Crippen LogP contribution in [0.15, 0.2) is 72.8 Å². The van der Waals surface area contributed by atoms with Crippen LogP contribution in [0.5, 0.6) is 0 Å². The summed E-state index contributed by atoms with van der Waals surface area (Å²) in [6.07, 6.45) is 0. The van der Waals surface area contributed by atoms with Crippen molar-refractivity contribution in [3.05, 3.63) is 95.1 Å². The van der Waals surface area contributed by atoms with Crippen LogP contribution in [-0.4, -0.2) is 5.91 Å². The van der Waals surface area contributed by atoms with Gasteiger partial charge < -0.3 is 16.0 Å². The second-order valence-corrected chi connectivity index (χ2v) is 6.60. The molecule has 0 unspecified atom stereocenters. The number of fused-ring (bicyclic) bond motifs is 1. The van der Waals surface area contributed by atoms with Crippen molar-refractivity contribution in [3.8, 4) is 0 Å². The molecule has 0 saturated carbocycles. The van der Waals surface area contributed by atoms with Gasteiger partial charge in [-0.25, -0.2) is 0 Å². The van der Waals surface area contributed by atoms with Gasteiger partial charge in [0, 0.05) is 36.6 Å². The summed E-state index contributed by atoms with van der Waals surface area (Å²) in [6, 6.07) is 23.8. The third-order valence-corrected chi connectivity index (χ3v) is 4.74. The smallest absolute Gasteiger partial charge is 0.251 e. The Hall–Kier alpha value is -3.27. The van der Waals surface area contributed by atoms with E-state index in [1.165, 1.54) is 11.1 Å². The molecule has 0 spiro atoms. The van der Waals surface area contributed by atoms with Crippen molar-refractivity contribution >= 4 is 17.3 Å². The Balaban J connectivity index is 1.39. The highest BCUT2D eigenvalue weighted by Gasteiger charge is 2.18. The maximum atomic E-state index is 12.4. The predicted octanol–water partition coefficient (Wildman–Crippen LogP) is 3.72. The molecule has 0 saturated heterocycles. The number of carbonyl (C=O) groups excluding carboxylic acids is 1. The molecular weight excluding hydrogens is 322 g/mol. The van der Waals surface area contributed by atoms with Crippen molar-refractivity contribution < 1.29 is 4.79 Å². The van der Waals surface area contributed by atoms with Gasteiger partial charge in [-0.05, 0) is 53.1 Å². The molecule has 0 atom stereocenters. The molecule has 0 radical (unpaired) electrons. The average molecular weight is 343 g/mol. The van der Waals surface area contributed by atoms with Crippen molar-refractivity contribution in [3.63, 3.8) is 0 Å². The number of nitrogens with zero attached hydrogens (tertiary/aromatic N) is 1. The molecule has 26 heavy (non-hydrogen) atoms. The van der Waals surface area contributed by atoms with E-state index < -0.39 is 0 Å². The first-order valence-corrected chi connectivity index (χ1v) is 8.73. The molecule has 4 nitrogen and oxygen atoms in total. The lowest BCUT2D eigenvalue weighted by Gasteiger charge is -2.18. The molecule has 0 aliphatic carbocycles. The zero-order valence-electron chi connectivity index (χ0n) is 14.5. The van der Waals surface area contributed by atoms with Gasteiger partial charge in [0.05, 0.1) is 0 Å². The van der Waals surface area contributed by atoms with Gasteiger partial charge in [-0.15, -0.1) is 0 Å². The first-order chi connectivity index (χ1) is 12.7. The minimum absolute atomic E-state index is 0.0799. The monoisotopic (exact) mass is 343 g/mol. The second kappa shape index (κ2) is 6.92. The van der Waals surface area contributed by atoms with Gasteiger partial charge >= 0.3 is 0 Å². The minimum Gasteiger partial charge on any atom is -0.399 e. The lowest BCUT2D eigenvalue weighted by atomic mass is 10.1. The fraction of sp³-hybridized carbons (Fsp3) is 0.136. The Morgan fingerprint density at radius 1 is 0.923 bits per heavy atom. The molecule has 130 valence electrons. The van der Waals surface area contributed by atoms with E-state index in [0.717, 1.165) is 24.3 Å². The second-order valence-electron chi connectivity index (χ2n) is 6.60. The van der Waals surface area contributed by atoms with E-state index >= 15 is 0 Å². The summed E-state index contributed by atoms with van der Waals surface area (Å²) in [5.41, 5.74) is 12.0. The van der Waals surface area contributed by atoms with Crippen LogP contribution in [0.4, 0.5) is 11.4 Å². The average Bonchev–Trinajstić information content (AvgIpc) is 3.10. The lowest BCUT2D eigenvalue weighted by Crippen LogP contribution is -2.23. The van der Waals surface area contributed by atoms with E-state index in [2.05, 4.69) is 34.5 Å². The third kappa shape index (κ3) is 3.40. The van der Waals surface area contributed by atoms with Gasteiger partial charge in [-0.2, -0.15) is 0 Å². The number of nitrogens with two attached hydrogens (primary N) is 1. The first-order valence-electron chi connectivity index (χ1n) is 8.73. The maximum absolute atomic E-state index is 12.4. The molecule has 0 bridgehead atoms. The molecule has 1 aliphatic rings. The summed E-state index contributed by atoms with van der Waals surface area (Å²) < 4.78 is 0. The number of nitrogen functional groups attached to an aromatic ring is 1. The van der Waals surface area contributed by atoms with Crippen LogP contribution in [0.1, 0.15) is 27.0 Å². The number of amides is 1. The van der Waals surface area contributed by atoms with E-state index in [-0.39, 0.29) is 5.91 Å². The quantitative estimate of drug-likeness (QED) is 0.710. The van der Waals surface area contributed by atoms with Gasteiger partial charge in [0.15, 0.2) is 0 Å². The van der Waals surface area contributed by atoms with E-state index in [4.69, 9.17) is 5.73 Å². The number of anilines is 2.